The number of aliphatic carboxylic acids is 1. The zero-order valence-electron chi connectivity index (χ0n) is 22.4. The van der Waals surface area contributed by atoms with Crippen molar-refractivity contribution in [1.29, 1.82) is 0 Å². The highest BCUT2D eigenvalue weighted by Gasteiger charge is 2.48. The number of carboxylic acids is 1. The highest BCUT2D eigenvalue weighted by Crippen LogP contribution is 2.46. The lowest BCUT2D eigenvalue weighted by molar-refractivity contribution is -0.143. The quantitative estimate of drug-likeness (QED) is 0.347. The molecule has 1 N–H and O–H groups in total. The fourth-order valence-electron chi connectivity index (χ4n) is 5.44. The van der Waals surface area contributed by atoms with Crippen LogP contribution in [0, 0.1) is 24.5 Å². The summed E-state index contributed by atoms with van der Waals surface area (Å²) in [6, 6.07) is 17.7. The summed E-state index contributed by atoms with van der Waals surface area (Å²) >= 11 is 0. The van der Waals surface area contributed by atoms with E-state index in [2.05, 4.69) is 6.92 Å². The van der Waals surface area contributed by atoms with Gasteiger partial charge in [0, 0.05) is 30.7 Å². The molecule has 0 spiro atoms. The first-order valence-corrected chi connectivity index (χ1v) is 13.2. The van der Waals surface area contributed by atoms with E-state index in [1.54, 1.807) is 36.3 Å². The number of rotatable bonds is 10. The van der Waals surface area contributed by atoms with Gasteiger partial charge in [-0.2, -0.15) is 0 Å². The van der Waals surface area contributed by atoms with Gasteiger partial charge >= 0.3 is 5.97 Å². The molecule has 1 fully saturated rings. The Morgan fingerprint density at radius 1 is 1.03 bits per heavy atom. The van der Waals surface area contributed by atoms with Gasteiger partial charge in [0.1, 0.15) is 5.75 Å². The van der Waals surface area contributed by atoms with E-state index in [0.717, 1.165) is 36.2 Å². The Hall–Kier alpha value is -3.78. The van der Waals surface area contributed by atoms with Gasteiger partial charge in [0.2, 0.25) is 5.91 Å². The number of hydrogen-bond donors (Lipinski definition) is 1. The third kappa shape index (κ3) is 6.28. The average Bonchev–Trinajstić information content (AvgIpc) is 3.30. The van der Waals surface area contributed by atoms with Crippen molar-refractivity contribution in [2.75, 3.05) is 31.6 Å². The van der Waals surface area contributed by atoms with Gasteiger partial charge < -0.3 is 14.7 Å². The second kappa shape index (κ2) is 12.4. The molecular formula is C31H34F2N2O4. The van der Waals surface area contributed by atoms with Gasteiger partial charge in [0.25, 0.3) is 0 Å². The first-order valence-electron chi connectivity index (χ1n) is 13.2. The molecule has 0 radical (unpaired) electrons. The number of amides is 1. The summed E-state index contributed by atoms with van der Waals surface area (Å²) in [7, 11) is 1.55. The predicted molar refractivity (Wildman–Crippen MR) is 146 cm³/mol. The molecule has 0 bridgehead atoms. The molecule has 3 atom stereocenters. The van der Waals surface area contributed by atoms with Crippen LogP contribution < -0.4 is 9.64 Å². The molecule has 0 aliphatic carbocycles. The summed E-state index contributed by atoms with van der Waals surface area (Å²) in [6.07, 6.45) is 1.73. The number of methoxy groups -OCH3 is 1. The molecule has 0 unspecified atom stereocenters. The lowest BCUT2D eigenvalue weighted by Crippen LogP contribution is -2.41. The van der Waals surface area contributed by atoms with Crippen molar-refractivity contribution in [3.05, 3.63) is 95.1 Å². The largest absolute Gasteiger partial charge is 0.497 e. The average molecular weight is 537 g/mol. The molecule has 8 heteroatoms. The molecule has 1 aliphatic rings. The van der Waals surface area contributed by atoms with Crippen LogP contribution in [-0.2, 0) is 9.59 Å². The summed E-state index contributed by atoms with van der Waals surface area (Å²) in [5.74, 6) is -4.26. The third-order valence-corrected chi connectivity index (χ3v) is 7.40. The van der Waals surface area contributed by atoms with Crippen LogP contribution in [0.4, 0.5) is 14.5 Å². The maximum atomic E-state index is 14.2. The van der Waals surface area contributed by atoms with Gasteiger partial charge in [0.15, 0.2) is 11.6 Å². The van der Waals surface area contributed by atoms with Crippen LogP contribution in [0.1, 0.15) is 48.4 Å². The molecule has 0 saturated carbocycles. The number of unbranched alkanes of at least 4 members (excludes halogenated alkanes) is 1. The van der Waals surface area contributed by atoms with Crippen LogP contribution in [0.5, 0.6) is 5.75 Å². The van der Waals surface area contributed by atoms with Gasteiger partial charge in [0.05, 0.1) is 19.6 Å². The van der Waals surface area contributed by atoms with Crippen molar-refractivity contribution in [3.8, 4) is 5.75 Å². The monoisotopic (exact) mass is 536 g/mol. The lowest BCUT2D eigenvalue weighted by atomic mass is 9.83. The molecule has 6 nitrogen and oxygen atoms in total. The highest BCUT2D eigenvalue weighted by atomic mass is 19.2. The van der Waals surface area contributed by atoms with Gasteiger partial charge in [-0.1, -0.05) is 43.7 Å². The van der Waals surface area contributed by atoms with E-state index in [4.69, 9.17) is 4.74 Å². The minimum absolute atomic E-state index is 0.0295. The maximum absolute atomic E-state index is 14.2. The summed E-state index contributed by atoms with van der Waals surface area (Å²) in [5.41, 5.74) is 2.91. The molecule has 1 amide bonds. The van der Waals surface area contributed by atoms with Crippen LogP contribution in [0.25, 0.3) is 0 Å². The first kappa shape index (κ1) is 28.2. The van der Waals surface area contributed by atoms with Crippen molar-refractivity contribution in [1.82, 2.24) is 4.90 Å². The number of benzene rings is 3. The van der Waals surface area contributed by atoms with Crippen molar-refractivity contribution >= 4 is 17.6 Å². The van der Waals surface area contributed by atoms with E-state index in [-0.39, 0.29) is 19.0 Å². The fourth-order valence-corrected chi connectivity index (χ4v) is 5.44. The van der Waals surface area contributed by atoms with Crippen molar-refractivity contribution in [3.63, 3.8) is 0 Å². The number of aryl methyl sites for hydroxylation is 1. The van der Waals surface area contributed by atoms with Crippen LogP contribution in [0.3, 0.4) is 0 Å². The number of ether oxygens (including phenoxy) is 1. The van der Waals surface area contributed by atoms with Crippen LogP contribution in [0.2, 0.25) is 0 Å². The smallest absolute Gasteiger partial charge is 0.309 e. The number of nitrogens with zero attached hydrogens (tertiary/aromatic N) is 2. The SMILES string of the molecule is CCCCN(C(=O)CN1C[C@H](c2ccc(F)c(F)c2)[C@H](C(=O)O)[C@H]1c1ccc(OC)cc1)c1cccc(C)c1. The van der Waals surface area contributed by atoms with E-state index in [1.807, 2.05) is 36.1 Å². The van der Waals surface area contributed by atoms with E-state index in [1.165, 1.54) is 6.07 Å². The number of likely N-dealkylation sites (tertiary alicyclic amines) is 1. The van der Waals surface area contributed by atoms with Gasteiger partial charge in [-0.15, -0.1) is 0 Å². The Morgan fingerprint density at radius 3 is 2.36 bits per heavy atom. The van der Waals surface area contributed by atoms with Gasteiger partial charge in [-0.3, -0.25) is 14.5 Å². The standard InChI is InChI=1S/C31H34F2N2O4/c1-4-5-15-35(23-8-6-7-20(2)16-23)28(36)19-34-18-25(22-11-14-26(32)27(33)17-22)29(31(37)38)30(34)21-9-12-24(39-3)13-10-21/h6-14,16-17,25,29-30H,4-5,15,18-19H2,1-3H3,(H,37,38)/t25-,29+,30-/m1/s1. The Kier molecular flexibility index (Phi) is 8.97. The normalized spacial score (nSPS) is 19.2. The highest BCUT2D eigenvalue weighted by molar-refractivity contribution is 5.95. The zero-order valence-corrected chi connectivity index (χ0v) is 22.4. The summed E-state index contributed by atoms with van der Waals surface area (Å²) < 4.78 is 33.2. The van der Waals surface area contributed by atoms with Crippen molar-refractivity contribution in [2.45, 2.75) is 38.6 Å². The maximum Gasteiger partial charge on any atom is 0.309 e. The number of halogens is 2. The topological polar surface area (TPSA) is 70.1 Å². The minimum Gasteiger partial charge on any atom is -0.497 e. The fraction of sp³-hybridized carbons (Fsp3) is 0.355. The molecule has 1 heterocycles. The predicted octanol–water partition coefficient (Wildman–Crippen LogP) is 5.96. The minimum atomic E-state index is -1.07. The lowest BCUT2D eigenvalue weighted by Gasteiger charge is -2.30. The zero-order chi connectivity index (χ0) is 28.1. The molecule has 0 aromatic heterocycles. The van der Waals surface area contributed by atoms with E-state index in [9.17, 15) is 23.5 Å². The third-order valence-electron chi connectivity index (χ3n) is 7.40. The summed E-state index contributed by atoms with van der Waals surface area (Å²) in [4.78, 5) is 30.1. The molecule has 206 valence electrons. The number of carboxylic acid groups (broad SMARTS) is 1. The van der Waals surface area contributed by atoms with Crippen molar-refractivity contribution < 1.29 is 28.2 Å². The molecule has 4 rings (SSSR count). The number of hydrogen-bond acceptors (Lipinski definition) is 4. The van der Waals surface area contributed by atoms with Gasteiger partial charge in [-0.25, -0.2) is 8.78 Å². The molecule has 3 aromatic rings. The molecule has 1 aliphatic heterocycles. The molecule has 1 saturated heterocycles. The number of carbonyl (C=O) groups is 2. The van der Waals surface area contributed by atoms with E-state index >= 15 is 0 Å². The Labute approximate surface area is 227 Å². The Morgan fingerprint density at radius 2 is 1.74 bits per heavy atom. The van der Waals surface area contributed by atoms with Crippen LogP contribution >= 0.6 is 0 Å². The summed E-state index contributed by atoms with van der Waals surface area (Å²) in [5, 5.41) is 10.4. The van der Waals surface area contributed by atoms with Crippen LogP contribution in [0.15, 0.2) is 66.7 Å². The summed E-state index contributed by atoms with van der Waals surface area (Å²) in [6.45, 7) is 4.73. The van der Waals surface area contributed by atoms with Crippen molar-refractivity contribution in [2.24, 2.45) is 5.92 Å². The molecule has 3 aromatic carbocycles. The second-order valence-electron chi connectivity index (χ2n) is 10.0. The Balaban J connectivity index is 1.73. The van der Waals surface area contributed by atoms with E-state index < -0.39 is 35.5 Å². The molecule has 39 heavy (non-hydrogen) atoms. The van der Waals surface area contributed by atoms with Gasteiger partial charge in [-0.05, 0) is 66.4 Å². The Bertz CT molecular complexity index is 1310. The van der Waals surface area contributed by atoms with E-state index in [0.29, 0.717) is 23.4 Å². The van der Waals surface area contributed by atoms with Crippen LogP contribution in [-0.4, -0.2) is 48.6 Å². The second-order valence-corrected chi connectivity index (χ2v) is 10.0. The number of carbonyl (C=O) groups excluding carboxylic acids is 1. The number of anilines is 1. The first-order chi connectivity index (χ1) is 18.7. The molecular weight excluding hydrogens is 502 g/mol.